The molecule has 1 aliphatic heterocycles. The molecule has 2 aromatic carbocycles. The van der Waals surface area contributed by atoms with E-state index in [0.29, 0.717) is 5.56 Å². The van der Waals surface area contributed by atoms with Crippen LogP contribution < -0.4 is 15.2 Å². The van der Waals surface area contributed by atoms with Crippen molar-refractivity contribution in [3.63, 3.8) is 0 Å². The van der Waals surface area contributed by atoms with Crippen molar-refractivity contribution in [1.82, 2.24) is 5.43 Å². The van der Waals surface area contributed by atoms with Crippen LogP contribution in [0.2, 0.25) is 0 Å². The average Bonchev–Trinajstić information content (AvgIpc) is 2.76. The lowest BCUT2D eigenvalue weighted by Gasteiger charge is -2.28. The van der Waals surface area contributed by atoms with Crippen LogP contribution >= 0.6 is 0 Å². The molecule has 0 atom stereocenters. The number of hydrogen-bond acceptors (Lipinski definition) is 5. The Morgan fingerprint density at radius 2 is 1.71 bits per heavy atom. The summed E-state index contributed by atoms with van der Waals surface area (Å²) in [5, 5.41) is 4.08. The predicted molar refractivity (Wildman–Crippen MR) is 115 cm³/mol. The second kappa shape index (κ2) is 9.90. The van der Waals surface area contributed by atoms with Gasteiger partial charge in [-0.15, -0.1) is 0 Å². The molecule has 0 aromatic heterocycles. The van der Waals surface area contributed by atoms with E-state index in [1.54, 1.807) is 6.21 Å². The SMILES string of the molecule is CCN(CC)c1ccc(C(=O)N/N=C/c2ccc(N3CCOCC3)cc2)cc1. The molecule has 1 aliphatic rings. The monoisotopic (exact) mass is 380 g/mol. The van der Waals surface area contributed by atoms with Crippen LogP contribution in [-0.4, -0.2) is 51.5 Å². The van der Waals surface area contributed by atoms with Crippen LogP contribution in [0.15, 0.2) is 53.6 Å². The lowest BCUT2D eigenvalue weighted by Crippen LogP contribution is -2.36. The summed E-state index contributed by atoms with van der Waals surface area (Å²) in [6, 6.07) is 15.7. The number of rotatable bonds is 7. The van der Waals surface area contributed by atoms with Crippen LogP contribution in [0, 0.1) is 0 Å². The molecule has 1 saturated heterocycles. The van der Waals surface area contributed by atoms with Gasteiger partial charge in [-0.3, -0.25) is 4.79 Å². The maximum Gasteiger partial charge on any atom is 0.271 e. The summed E-state index contributed by atoms with van der Waals surface area (Å²) >= 11 is 0. The largest absolute Gasteiger partial charge is 0.378 e. The Morgan fingerprint density at radius 3 is 2.32 bits per heavy atom. The number of benzene rings is 2. The van der Waals surface area contributed by atoms with E-state index in [9.17, 15) is 4.79 Å². The molecule has 1 fully saturated rings. The van der Waals surface area contributed by atoms with Crippen molar-refractivity contribution < 1.29 is 9.53 Å². The lowest BCUT2D eigenvalue weighted by molar-refractivity contribution is 0.0955. The van der Waals surface area contributed by atoms with Crippen LogP contribution in [-0.2, 0) is 4.74 Å². The zero-order valence-electron chi connectivity index (χ0n) is 16.6. The summed E-state index contributed by atoms with van der Waals surface area (Å²) in [5.41, 5.74) is 6.42. The minimum Gasteiger partial charge on any atom is -0.378 e. The van der Waals surface area contributed by atoms with E-state index in [2.05, 4.69) is 46.3 Å². The Morgan fingerprint density at radius 1 is 1.07 bits per heavy atom. The van der Waals surface area contributed by atoms with Gasteiger partial charge in [0.05, 0.1) is 19.4 Å². The molecule has 0 spiro atoms. The number of carbonyl (C=O) groups is 1. The molecule has 6 heteroatoms. The molecule has 2 aromatic rings. The number of nitrogens with zero attached hydrogens (tertiary/aromatic N) is 3. The fourth-order valence-corrected chi connectivity index (χ4v) is 3.24. The molecule has 0 saturated carbocycles. The van der Waals surface area contributed by atoms with Gasteiger partial charge in [0.2, 0.25) is 0 Å². The Hall–Kier alpha value is -2.86. The van der Waals surface area contributed by atoms with Gasteiger partial charge in [0.25, 0.3) is 5.91 Å². The Kier molecular flexibility index (Phi) is 7.03. The molecule has 1 heterocycles. The zero-order valence-corrected chi connectivity index (χ0v) is 16.6. The van der Waals surface area contributed by atoms with Crippen LogP contribution in [0.5, 0.6) is 0 Å². The number of ether oxygens (including phenoxy) is 1. The quantitative estimate of drug-likeness (QED) is 0.592. The molecule has 148 valence electrons. The van der Waals surface area contributed by atoms with Crippen molar-refractivity contribution in [2.24, 2.45) is 5.10 Å². The third-order valence-electron chi connectivity index (χ3n) is 4.91. The van der Waals surface area contributed by atoms with Gasteiger partial charge in [0.1, 0.15) is 0 Å². The summed E-state index contributed by atoms with van der Waals surface area (Å²) in [5.74, 6) is -0.215. The third kappa shape index (κ3) is 5.10. The molecule has 0 radical (unpaired) electrons. The van der Waals surface area contributed by atoms with Crippen molar-refractivity contribution in [3.8, 4) is 0 Å². The molecule has 6 nitrogen and oxygen atoms in total. The number of hydrazone groups is 1. The minimum atomic E-state index is -0.215. The minimum absolute atomic E-state index is 0.215. The molecule has 0 aliphatic carbocycles. The second-order valence-corrected chi connectivity index (χ2v) is 6.61. The van der Waals surface area contributed by atoms with Gasteiger partial charge < -0.3 is 14.5 Å². The highest BCUT2D eigenvalue weighted by Crippen LogP contribution is 2.16. The summed E-state index contributed by atoms with van der Waals surface area (Å²) in [6.07, 6.45) is 1.66. The maximum atomic E-state index is 12.3. The van der Waals surface area contributed by atoms with Gasteiger partial charge in [-0.2, -0.15) is 5.10 Å². The van der Waals surface area contributed by atoms with Crippen LogP contribution in [0.1, 0.15) is 29.8 Å². The van der Waals surface area contributed by atoms with Crippen molar-refractivity contribution in [1.29, 1.82) is 0 Å². The summed E-state index contributed by atoms with van der Waals surface area (Å²) in [4.78, 5) is 16.8. The normalized spacial score (nSPS) is 14.3. The van der Waals surface area contributed by atoms with Crippen molar-refractivity contribution in [2.45, 2.75) is 13.8 Å². The molecular weight excluding hydrogens is 352 g/mol. The third-order valence-corrected chi connectivity index (χ3v) is 4.91. The highest BCUT2D eigenvalue weighted by Gasteiger charge is 2.10. The number of morpholine rings is 1. The summed E-state index contributed by atoms with van der Waals surface area (Å²) < 4.78 is 5.38. The maximum absolute atomic E-state index is 12.3. The first-order valence-electron chi connectivity index (χ1n) is 9.82. The number of hydrogen-bond donors (Lipinski definition) is 1. The van der Waals surface area contributed by atoms with E-state index in [1.165, 1.54) is 5.69 Å². The smallest absolute Gasteiger partial charge is 0.271 e. The number of nitrogens with one attached hydrogen (secondary N) is 1. The summed E-state index contributed by atoms with van der Waals surface area (Å²) in [6.45, 7) is 9.48. The lowest BCUT2D eigenvalue weighted by atomic mass is 10.2. The highest BCUT2D eigenvalue weighted by molar-refractivity contribution is 5.95. The first-order valence-corrected chi connectivity index (χ1v) is 9.82. The molecular formula is C22H28N4O2. The number of carbonyl (C=O) groups excluding carboxylic acids is 1. The average molecular weight is 380 g/mol. The fraction of sp³-hybridized carbons (Fsp3) is 0.364. The van der Waals surface area contributed by atoms with Crippen molar-refractivity contribution >= 4 is 23.5 Å². The molecule has 0 unspecified atom stereocenters. The molecule has 0 bridgehead atoms. The number of amides is 1. The van der Waals surface area contributed by atoms with Crippen molar-refractivity contribution in [3.05, 3.63) is 59.7 Å². The van der Waals surface area contributed by atoms with E-state index >= 15 is 0 Å². The first kappa shape index (κ1) is 19.9. The van der Waals surface area contributed by atoms with Crippen molar-refractivity contribution in [2.75, 3.05) is 49.2 Å². The van der Waals surface area contributed by atoms with Gasteiger partial charge in [0, 0.05) is 43.1 Å². The Bertz CT molecular complexity index is 777. The van der Waals surface area contributed by atoms with E-state index in [-0.39, 0.29) is 5.91 Å². The number of anilines is 2. The van der Waals surface area contributed by atoms with Gasteiger partial charge in [-0.25, -0.2) is 5.43 Å². The van der Waals surface area contributed by atoms with Crippen LogP contribution in [0.3, 0.4) is 0 Å². The fourth-order valence-electron chi connectivity index (χ4n) is 3.24. The van der Waals surface area contributed by atoms with Gasteiger partial charge in [-0.1, -0.05) is 12.1 Å². The molecule has 1 N–H and O–H groups in total. The van der Waals surface area contributed by atoms with Crippen LogP contribution in [0.25, 0.3) is 0 Å². The van der Waals surface area contributed by atoms with Gasteiger partial charge >= 0.3 is 0 Å². The van der Waals surface area contributed by atoms with Gasteiger partial charge in [-0.05, 0) is 55.8 Å². The highest BCUT2D eigenvalue weighted by atomic mass is 16.5. The Balaban J connectivity index is 1.54. The zero-order chi connectivity index (χ0) is 19.8. The van der Waals surface area contributed by atoms with Crippen LogP contribution in [0.4, 0.5) is 11.4 Å². The molecule has 28 heavy (non-hydrogen) atoms. The predicted octanol–water partition coefficient (Wildman–Crippen LogP) is 3.13. The molecule has 1 amide bonds. The first-order chi connectivity index (χ1) is 13.7. The Labute approximate surface area is 166 Å². The van der Waals surface area contributed by atoms with E-state index in [1.807, 2.05) is 36.4 Å². The van der Waals surface area contributed by atoms with E-state index in [4.69, 9.17) is 4.74 Å². The summed E-state index contributed by atoms with van der Waals surface area (Å²) in [7, 11) is 0. The molecule has 3 rings (SSSR count). The second-order valence-electron chi connectivity index (χ2n) is 6.61. The standard InChI is InChI=1S/C22H28N4O2/c1-3-25(4-2)20-11-7-19(8-12-20)22(27)24-23-17-18-5-9-21(10-6-18)26-13-15-28-16-14-26/h5-12,17H,3-4,13-16H2,1-2H3,(H,24,27)/b23-17+. The van der Waals surface area contributed by atoms with Gasteiger partial charge in [0.15, 0.2) is 0 Å². The topological polar surface area (TPSA) is 57.2 Å². The van der Waals surface area contributed by atoms with E-state index in [0.717, 1.165) is 50.6 Å². The van der Waals surface area contributed by atoms with E-state index < -0.39 is 0 Å².